The highest BCUT2D eigenvalue weighted by Gasteiger charge is 2.35. The van der Waals surface area contributed by atoms with Crippen LogP contribution in [0.4, 0.5) is 11.4 Å². The zero-order valence-corrected chi connectivity index (χ0v) is 28.2. The van der Waals surface area contributed by atoms with Gasteiger partial charge < -0.3 is 20.4 Å². The van der Waals surface area contributed by atoms with Crippen LogP contribution in [-0.2, 0) is 32.0 Å². The van der Waals surface area contributed by atoms with Crippen LogP contribution >= 0.6 is 0 Å². The second kappa shape index (κ2) is 15.2. The summed E-state index contributed by atoms with van der Waals surface area (Å²) in [5.74, 6) is 0.123. The number of hydrogen-bond acceptors (Lipinski definition) is 6. The quantitative estimate of drug-likeness (QED) is 0.207. The normalized spacial score (nSPS) is 16.9. The van der Waals surface area contributed by atoms with E-state index in [1.165, 1.54) is 0 Å². The van der Waals surface area contributed by atoms with Gasteiger partial charge in [-0.2, -0.15) is 0 Å². The number of likely N-dealkylation sites (tertiary alicyclic amines) is 2. The molecule has 0 spiro atoms. The van der Waals surface area contributed by atoms with Gasteiger partial charge in [-0.25, -0.2) is 0 Å². The molecular formula is C40H39N7O4. The van der Waals surface area contributed by atoms with Gasteiger partial charge in [-0.15, -0.1) is 10.2 Å². The SMILES string of the molecule is O=C(Nc1ccc(-c2nncn2-c2ccc(NC(=O)C3CCCN3C(=O)Cc3ccccc3)cc2)cc1)C1CCCN1C(=O)Cc1ccccc1. The highest BCUT2D eigenvalue weighted by Crippen LogP contribution is 2.26. The molecule has 0 bridgehead atoms. The molecule has 2 saturated heterocycles. The second-order valence-corrected chi connectivity index (χ2v) is 12.9. The van der Waals surface area contributed by atoms with Crippen LogP contribution in [-0.4, -0.2) is 73.4 Å². The molecule has 0 saturated carbocycles. The summed E-state index contributed by atoms with van der Waals surface area (Å²) < 4.78 is 1.84. The van der Waals surface area contributed by atoms with Crippen LogP contribution in [0.3, 0.4) is 0 Å². The van der Waals surface area contributed by atoms with Crippen LogP contribution in [0.2, 0.25) is 0 Å². The molecule has 0 radical (unpaired) electrons. The molecule has 4 amide bonds. The van der Waals surface area contributed by atoms with E-state index in [1.54, 1.807) is 16.1 Å². The first-order valence-electron chi connectivity index (χ1n) is 17.3. The van der Waals surface area contributed by atoms with E-state index in [0.717, 1.165) is 35.2 Å². The standard InChI is InChI=1S/C40H39N7O4/c48-36(25-28-9-3-1-4-10-28)45-23-7-13-34(45)39(50)42-31-17-15-30(16-18-31)38-44-41-27-47(38)33-21-19-32(20-22-33)43-40(51)35-14-8-24-46(35)37(49)26-29-11-5-2-6-12-29/h1-6,9-12,15-22,27,34-35H,7-8,13-14,23-26H2,(H,42,50)(H,43,51). The van der Waals surface area contributed by atoms with E-state index >= 15 is 0 Å². The van der Waals surface area contributed by atoms with Crippen molar-refractivity contribution in [3.8, 4) is 17.1 Å². The fourth-order valence-electron chi connectivity index (χ4n) is 6.90. The van der Waals surface area contributed by atoms with E-state index in [2.05, 4.69) is 20.8 Å². The maximum atomic E-state index is 13.2. The Morgan fingerprint density at radius 3 is 1.57 bits per heavy atom. The predicted octanol–water partition coefficient (Wildman–Crippen LogP) is 5.28. The van der Waals surface area contributed by atoms with Crippen LogP contribution < -0.4 is 10.6 Å². The minimum absolute atomic E-state index is 0.0452. The number of nitrogens with one attached hydrogen (secondary N) is 2. The molecule has 51 heavy (non-hydrogen) atoms. The Labute approximate surface area is 296 Å². The molecule has 11 heteroatoms. The molecule has 2 atom stereocenters. The van der Waals surface area contributed by atoms with Crippen molar-refractivity contribution in [3.63, 3.8) is 0 Å². The summed E-state index contributed by atoms with van der Waals surface area (Å²) in [7, 11) is 0. The van der Waals surface area contributed by atoms with Crippen LogP contribution in [0.5, 0.6) is 0 Å². The molecule has 2 unspecified atom stereocenters. The Hall–Kier alpha value is -6.10. The molecule has 2 aliphatic heterocycles. The Morgan fingerprint density at radius 2 is 1.08 bits per heavy atom. The molecular weight excluding hydrogens is 642 g/mol. The smallest absolute Gasteiger partial charge is 0.247 e. The van der Waals surface area contributed by atoms with Crippen LogP contribution in [0.1, 0.15) is 36.8 Å². The third kappa shape index (κ3) is 7.72. The number of carbonyl (C=O) groups excluding carboxylic acids is 4. The number of anilines is 2. The average Bonchev–Trinajstić information content (AvgIpc) is 3.95. The molecule has 5 aromatic rings. The number of rotatable bonds is 10. The van der Waals surface area contributed by atoms with E-state index in [-0.39, 0.29) is 36.5 Å². The lowest BCUT2D eigenvalue weighted by atomic mass is 10.1. The van der Waals surface area contributed by atoms with Crippen molar-refractivity contribution in [1.29, 1.82) is 0 Å². The van der Waals surface area contributed by atoms with Gasteiger partial charge in [-0.05, 0) is 85.3 Å². The van der Waals surface area contributed by atoms with Gasteiger partial charge in [0, 0.05) is 35.7 Å². The van der Waals surface area contributed by atoms with E-state index in [0.29, 0.717) is 43.1 Å². The van der Waals surface area contributed by atoms with E-state index < -0.39 is 12.1 Å². The van der Waals surface area contributed by atoms with Gasteiger partial charge in [0.2, 0.25) is 23.6 Å². The minimum atomic E-state index is -0.504. The number of carbonyl (C=O) groups is 4. The fourth-order valence-corrected chi connectivity index (χ4v) is 6.90. The number of hydrogen-bond donors (Lipinski definition) is 2. The summed E-state index contributed by atoms with van der Waals surface area (Å²) >= 11 is 0. The van der Waals surface area contributed by atoms with Crippen molar-refractivity contribution in [2.45, 2.75) is 50.6 Å². The lowest BCUT2D eigenvalue weighted by Gasteiger charge is -2.24. The monoisotopic (exact) mass is 681 g/mol. The summed E-state index contributed by atoms with van der Waals surface area (Å²) in [6.07, 6.45) is 5.00. The number of amides is 4. The van der Waals surface area contributed by atoms with Crippen LogP contribution in [0.25, 0.3) is 17.1 Å². The van der Waals surface area contributed by atoms with Gasteiger partial charge in [0.15, 0.2) is 5.82 Å². The predicted molar refractivity (Wildman–Crippen MR) is 194 cm³/mol. The molecule has 2 fully saturated rings. The van der Waals surface area contributed by atoms with Gasteiger partial charge in [-0.1, -0.05) is 60.7 Å². The molecule has 1 aromatic heterocycles. The molecule has 4 aromatic carbocycles. The molecule has 11 nitrogen and oxygen atoms in total. The Kier molecular flexibility index (Phi) is 9.96. The average molecular weight is 682 g/mol. The van der Waals surface area contributed by atoms with E-state index in [9.17, 15) is 19.2 Å². The molecule has 0 aliphatic carbocycles. The van der Waals surface area contributed by atoms with E-state index in [1.807, 2.05) is 114 Å². The van der Waals surface area contributed by atoms with Gasteiger partial charge >= 0.3 is 0 Å². The second-order valence-electron chi connectivity index (χ2n) is 12.9. The maximum Gasteiger partial charge on any atom is 0.247 e. The maximum absolute atomic E-state index is 13.2. The molecule has 7 rings (SSSR count). The van der Waals surface area contributed by atoms with Gasteiger partial charge in [0.1, 0.15) is 18.4 Å². The fraction of sp³-hybridized carbons (Fsp3) is 0.250. The summed E-state index contributed by atoms with van der Waals surface area (Å²) in [5, 5.41) is 14.4. The first-order chi connectivity index (χ1) is 24.9. The number of benzene rings is 4. The summed E-state index contributed by atoms with van der Waals surface area (Å²) in [5.41, 5.74) is 4.71. The first-order valence-corrected chi connectivity index (χ1v) is 17.3. The Balaban J connectivity index is 0.958. The summed E-state index contributed by atoms with van der Waals surface area (Å²) in [6, 6.07) is 32.9. The van der Waals surface area contributed by atoms with Crippen molar-refractivity contribution >= 4 is 35.0 Å². The lowest BCUT2D eigenvalue weighted by molar-refractivity contribution is -0.136. The molecule has 258 valence electrons. The summed E-state index contributed by atoms with van der Waals surface area (Å²) in [4.78, 5) is 55.9. The van der Waals surface area contributed by atoms with Crippen LogP contribution in [0.15, 0.2) is 116 Å². The lowest BCUT2D eigenvalue weighted by Crippen LogP contribution is -2.43. The minimum Gasteiger partial charge on any atom is -0.330 e. The van der Waals surface area contributed by atoms with Crippen molar-refractivity contribution in [2.75, 3.05) is 23.7 Å². The number of aromatic nitrogens is 3. The Bertz CT molecular complexity index is 1850. The van der Waals surface area contributed by atoms with Gasteiger partial charge in [0.25, 0.3) is 0 Å². The summed E-state index contributed by atoms with van der Waals surface area (Å²) in [6.45, 7) is 1.14. The third-order valence-corrected chi connectivity index (χ3v) is 9.52. The van der Waals surface area contributed by atoms with Crippen LogP contribution in [0, 0.1) is 0 Å². The van der Waals surface area contributed by atoms with Crippen molar-refractivity contribution < 1.29 is 19.2 Å². The van der Waals surface area contributed by atoms with Gasteiger partial charge in [-0.3, -0.25) is 23.7 Å². The zero-order chi connectivity index (χ0) is 35.2. The Morgan fingerprint density at radius 1 is 0.608 bits per heavy atom. The van der Waals surface area contributed by atoms with Gasteiger partial charge in [0.05, 0.1) is 12.8 Å². The third-order valence-electron chi connectivity index (χ3n) is 9.52. The van der Waals surface area contributed by atoms with Crippen molar-refractivity contribution in [2.24, 2.45) is 0 Å². The molecule has 3 heterocycles. The zero-order valence-electron chi connectivity index (χ0n) is 28.2. The number of nitrogens with zero attached hydrogens (tertiary/aromatic N) is 5. The first kappa shape index (κ1) is 33.4. The molecule has 2 N–H and O–H groups in total. The highest BCUT2D eigenvalue weighted by molar-refractivity contribution is 5.98. The van der Waals surface area contributed by atoms with Crippen molar-refractivity contribution in [3.05, 3.63) is 127 Å². The topological polar surface area (TPSA) is 130 Å². The largest absolute Gasteiger partial charge is 0.330 e. The highest BCUT2D eigenvalue weighted by atomic mass is 16.2. The van der Waals surface area contributed by atoms with Crippen molar-refractivity contribution in [1.82, 2.24) is 24.6 Å². The molecule has 2 aliphatic rings. The van der Waals surface area contributed by atoms with E-state index in [4.69, 9.17) is 0 Å².